The molecular weight excluding hydrogens is 530 g/mol. The molecule has 4 aliphatic heterocycles. The molecule has 9 nitrogen and oxygen atoms in total. The van der Waals surface area contributed by atoms with Crippen LogP contribution in [0.15, 0.2) is 30.3 Å². The monoisotopic (exact) mass is 577 g/mol. The number of rotatable bonds is 5. The summed E-state index contributed by atoms with van der Waals surface area (Å²) in [5.41, 5.74) is 4.17. The third kappa shape index (κ3) is 5.70. The molecule has 4 aliphatic rings. The predicted octanol–water partition coefficient (Wildman–Crippen LogP) is 4.67. The molecule has 6 rings (SSSR count). The lowest BCUT2D eigenvalue weighted by Gasteiger charge is -2.50. The number of ether oxygens (including phenoxy) is 2. The van der Waals surface area contributed by atoms with Gasteiger partial charge in [-0.2, -0.15) is 5.10 Å². The Labute approximate surface area is 250 Å². The van der Waals surface area contributed by atoms with Gasteiger partial charge in [0.05, 0.1) is 6.61 Å². The normalized spacial score (nSPS) is 25.9. The van der Waals surface area contributed by atoms with Crippen molar-refractivity contribution in [3.8, 4) is 0 Å². The first-order valence-corrected chi connectivity index (χ1v) is 15.9. The first kappa shape index (κ1) is 29.2. The Kier molecular flexibility index (Phi) is 8.59. The number of carbonyl (C=O) groups excluding carboxylic acids is 2. The lowest BCUT2D eigenvalue weighted by Crippen LogP contribution is -2.55. The lowest BCUT2D eigenvalue weighted by atomic mass is 9.68. The smallest absolute Gasteiger partial charge is 0.410 e. The fourth-order valence-electron chi connectivity index (χ4n) is 8.19. The third-order valence-corrected chi connectivity index (χ3v) is 10.5. The standard InChI is InChI=1S/C33H47N5O4/c1-24-20-30(34-35(24)2)31(39)37-22-25-8-4-7-11-29(25)33(23-37)14-16-36(17-15-33)27-13-12-26-9-5-6-10-28(21-27)38(26)32(40)42-19-18-41-3/h4,7-8,11,20,26-28H,5-6,9-10,12-19,21-23H2,1-3H3. The van der Waals surface area contributed by atoms with E-state index in [4.69, 9.17) is 9.47 Å². The maximum Gasteiger partial charge on any atom is 0.410 e. The lowest BCUT2D eigenvalue weighted by molar-refractivity contribution is 0.0407. The fourth-order valence-corrected chi connectivity index (χ4v) is 8.19. The van der Waals surface area contributed by atoms with Gasteiger partial charge in [0.2, 0.25) is 0 Å². The van der Waals surface area contributed by atoms with Crippen molar-refractivity contribution in [1.29, 1.82) is 0 Å². The number of aromatic nitrogens is 2. The van der Waals surface area contributed by atoms with Crippen LogP contribution in [0.5, 0.6) is 0 Å². The molecule has 0 aliphatic carbocycles. The summed E-state index contributed by atoms with van der Waals surface area (Å²) in [7, 11) is 3.52. The molecule has 0 radical (unpaired) electrons. The summed E-state index contributed by atoms with van der Waals surface area (Å²) in [6, 6.07) is 11.6. The van der Waals surface area contributed by atoms with E-state index >= 15 is 0 Å². The number of piperidine rings is 1. The molecule has 0 N–H and O–H groups in total. The molecule has 3 saturated heterocycles. The average Bonchev–Trinajstić information content (AvgIpc) is 3.14. The zero-order chi connectivity index (χ0) is 29.3. The maximum atomic E-state index is 13.6. The summed E-state index contributed by atoms with van der Waals surface area (Å²) in [4.78, 5) is 33.7. The number of amides is 2. The van der Waals surface area contributed by atoms with Crippen LogP contribution in [0.2, 0.25) is 0 Å². The Bertz CT molecular complexity index is 1250. The molecule has 1 aromatic heterocycles. The minimum absolute atomic E-state index is 0.0274. The van der Waals surface area contributed by atoms with Crippen molar-refractivity contribution >= 4 is 12.0 Å². The van der Waals surface area contributed by atoms with Crippen LogP contribution >= 0.6 is 0 Å². The molecule has 2 bridgehead atoms. The van der Waals surface area contributed by atoms with Gasteiger partial charge < -0.3 is 24.2 Å². The highest BCUT2D eigenvalue weighted by Crippen LogP contribution is 2.44. The highest BCUT2D eigenvalue weighted by Gasteiger charge is 2.46. The second-order valence-electron chi connectivity index (χ2n) is 13.0. The number of fused-ring (bicyclic) bond motifs is 4. The van der Waals surface area contributed by atoms with Crippen LogP contribution in [0.1, 0.15) is 85.1 Å². The quantitative estimate of drug-likeness (QED) is 0.481. The number of carbonyl (C=O) groups is 2. The molecule has 1 spiro atoms. The fraction of sp³-hybridized carbons (Fsp3) is 0.667. The molecule has 9 heteroatoms. The molecule has 1 aromatic carbocycles. The number of hydrogen-bond acceptors (Lipinski definition) is 6. The van der Waals surface area contributed by atoms with Crippen molar-refractivity contribution in [3.05, 3.63) is 52.8 Å². The van der Waals surface area contributed by atoms with Gasteiger partial charge in [-0.3, -0.25) is 9.48 Å². The third-order valence-electron chi connectivity index (χ3n) is 10.5. The van der Waals surface area contributed by atoms with E-state index in [9.17, 15) is 9.59 Å². The second-order valence-corrected chi connectivity index (χ2v) is 13.0. The summed E-state index contributed by atoms with van der Waals surface area (Å²) < 4.78 is 12.5. The SMILES string of the molecule is COCCOC(=O)N1C2CCCCC1CC(N1CCC3(CC1)CN(C(=O)c1cc(C)n(C)n1)Cc1ccccc13)CC2. The van der Waals surface area contributed by atoms with E-state index in [0.717, 1.165) is 70.3 Å². The molecule has 0 saturated carbocycles. The van der Waals surface area contributed by atoms with Gasteiger partial charge in [0, 0.05) is 56.5 Å². The molecular formula is C33H47N5O4. The van der Waals surface area contributed by atoms with Gasteiger partial charge in [-0.15, -0.1) is 0 Å². The highest BCUT2D eigenvalue weighted by molar-refractivity contribution is 5.92. The zero-order valence-electron chi connectivity index (χ0n) is 25.6. The van der Waals surface area contributed by atoms with Crippen molar-refractivity contribution in [2.24, 2.45) is 7.05 Å². The molecule has 3 fully saturated rings. The van der Waals surface area contributed by atoms with Gasteiger partial charge in [-0.1, -0.05) is 37.1 Å². The predicted molar refractivity (Wildman–Crippen MR) is 160 cm³/mol. The number of nitrogens with zero attached hydrogens (tertiary/aromatic N) is 5. The molecule has 2 amide bonds. The van der Waals surface area contributed by atoms with E-state index < -0.39 is 0 Å². The van der Waals surface area contributed by atoms with Crippen LogP contribution in [0, 0.1) is 6.92 Å². The Hall–Kier alpha value is -2.91. The number of aryl methyl sites for hydroxylation is 2. The number of methoxy groups -OCH3 is 1. The van der Waals surface area contributed by atoms with Gasteiger partial charge in [0.1, 0.15) is 6.61 Å². The molecule has 5 heterocycles. The van der Waals surface area contributed by atoms with Crippen LogP contribution in [-0.2, 0) is 28.5 Å². The number of hydrogen-bond donors (Lipinski definition) is 0. The van der Waals surface area contributed by atoms with Crippen molar-refractivity contribution in [1.82, 2.24) is 24.5 Å². The van der Waals surface area contributed by atoms with Crippen LogP contribution in [0.3, 0.4) is 0 Å². The van der Waals surface area contributed by atoms with Gasteiger partial charge in [0.15, 0.2) is 5.69 Å². The number of benzene rings is 1. The summed E-state index contributed by atoms with van der Waals surface area (Å²) in [6.07, 6.45) is 9.57. The van der Waals surface area contributed by atoms with Crippen LogP contribution < -0.4 is 0 Å². The average molecular weight is 578 g/mol. The van der Waals surface area contributed by atoms with Crippen molar-refractivity contribution < 1.29 is 19.1 Å². The van der Waals surface area contributed by atoms with Gasteiger partial charge in [0.25, 0.3) is 5.91 Å². The highest BCUT2D eigenvalue weighted by atomic mass is 16.6. The van der Waals surface area contributed by atoms with Crippen molar-refractivity contribution in [2.75, 3.05) is 40.0 Å². The first-order valence-electron chi connectivity index (χ1n) is 15.9. The Morgan fingerprint density at radius 2 is 1.74 bits per heavy atom. The second kappa shape index (κ2) is 12.4. The molecule has 3 unspecified atom stereocenters. The summed E-state index contributed by atoms with van der Waals surface area (Å²) >= 11 is 0. The van der Waals surface area contributed by atoms with Crippen molar-refractivity contribution in [2.45, 2.75) is 94.8 Å². The summed E-state index contributed by atoms with van der Waals surface area (Å²) in [6.45, 7) is 6.13. The summed E-state index contributed by atoms with van der Waals surface area (Å²) in [5, 5.41) is 4.50. The topological polar surface area (TPSA) is 80.1 Å². The summed E-state index contributed by atoms with van der Waals surface area (Å²) in [5.74, 6) is 0.0274. The maximum absolute atomic E-state index is 13.6. The minimum Gasteiger partial charge on any atom is -0.447 e. The van der Waals surface area contributed by atoms with E-state index in [1.165, 1.54) is 24.0 Å². The van der Waals surface area contributed by atoms with Crippen LogP contribution in [0.25, 0.3) is 0 Å². The van der Waals surface area contributed by atoms with Gasteiger partial charge >= 0.3 is 6.09 Å². The first-order chi connectivity index (χ1) is 20.4. The Morgan fingerprint density at radius 3 is 2.48 bits per heavy atom. The van der Waals surface area contributed by atoms with E-state index in [-0.39, 0.29) is 29.5 Å². The molecule has 3 atom stereocenters. The van der Waals surface area contributed by atoms with E-state index in [2.05, 4.69) is 39.2 Å². The van der Waals surface area contributed by atoms with Gasteiger partial charge in [-0.25, -0.2) is 4.79 Å². The number of likely N-dealkylation sites (tertiary alicyclic amines) is 1. The molecule has 42 heavy (non-hydrogen) atoms. The minimum atomic E-state index is -0.158. The zero-order valence-corrected chi connectivity index (χ0v) is 25.6. The van der Waals surface area contributed by atoms with E-state index in [0.29, 0.717) is 31.5 Å². The van der Waals surface area contributed by atoms with E-state index in [1.807, 2.05) is 24.9 Å². The van der Waals surface area contributed by atoms with Crippen LogP contribution in [0.4, 0.5) is 4.79 Å². The Balaban J connectivity index is 1.17. The molecule has 228 valence electrons. The van der Waals surface area contributed by atoms with Gasteiger partial charge in [-0.05, 0) is 82.2 Å². The van der Waals surface area contributed by atoms with Crippen LogP contribution in [-0.4, -0.2) is 94.6 Å². The van der Waals surface area contributed by atoms with Crippen molar-refractivity contribution in [3.63, 3.8) is 0 Å². The largest absolute Gasteiger partial charge is 0.447 e. The van der Waals surface area contributed by atoms with E-state index in [1.54, 1.807) is 11.8 Å². The Morgan fingerprint density at radius 1 is 1.00 bits per heavy atom. The molecule has 2 aromatic rings.